The average Bonchev–Trinajstić information content (AvgIpc) is 3.67. The van der Waals surface area contributed by atoms with Crippen LogP contribution in [0.1, 0.15) is 110 Å². The standard InChI is InChI=1S/C56H77FN9O7Si/c1-13-65-44-20-19-38-31-41(44)42(48(65)40-18-14-26-58-46(40)37(4)72-12)32-53(5,6)35-73-52(71)56(74)22-16-28-66(60-56)50(69)43(34-63-27-15-17-39(38)33-63)59-49(68)47(36(2)3)62(11)51(70)55(57)24-29-64(30-25-55)45(67)21-23-54(7,8)61(9)10/h14,17-20,26,31,36-37,43,47,60H,13,15-16,22,24-25,27-30,32-35H2,1-12H3,(H,59,68)/t37-,43-,47-,56-/m0/s1. The van der Waals surface area contributed by atoms with E-state index in [0.717, 1.165) is 49.5 Å². The number of benzene rings is 1. The van der Waals surface area contributed by atoms with Crippen molar-refractivity contribution in [3.63, 3.8) is 0 Å². The number of hydrazine groups is 1. The topological polar surface area (TPSA) is 162 Å². The van der Waals surface area contributed by atoms with Gasteiger partial charge in [-0.1, -0.05) is 45.8 Å². The van der Waals surface area contributed by atoms with E-state index in [1.807, 2.05) is 45.8 Å². The van der Waals surface area contributed by atoms with Gasteiger partial charge in [0, 0.05) is 101 Å². The summed E-state index contributed by atoms with van der Waals surface area (Å²) in [5.41, 5.74) is 6.78. The van der Waals surface area contributed by atoms with Gasteiger partial charge in [-0.05, 0) is 120 Å². The number of aryl methyl sites for hydroxylation is 1. The van der Waals surface area contributed by atoms with Crippen LogP contribution in [0.5, 0.6) is 0 Å². The maximum atomic E-state index is 16.8. The van der Waals surface area contributed by atoms with Crippen LogP contribution in [0.25, 0.3) is 27.7 Å². The molecule has 0 spiro atoms. The maximum absolute atomic E-state index is 16.8. The number of carbonyl (C=O) groups excluding carboxylic acids is 5. The lowest BCUT2D eigenvalue weighted by atomic mass is 9.84. The Bertz CT molecular complexity index is 2720. The highest BCUT2D eigenvalue weighted by molar-refractivity contribution is 6.27. The molecule has 2 N–H and O–H groups in total. The second kappa shape index (κ2) is 22.4. The number of halogens is 1. The second-order valence-electron chi connectivity index (χ2n) is 22.5. The summed E-state index contributed by atoms with van der Waals surface area (Å²) in [6, 6.07) is 8.29. The zero-order valence-electron chi connectivity index (χ0n) is 45.6. The predicted octanol–water partition coefficient (Wildman–Crippen LogP) is 5.28. The van der Waals surface area contributed by atoms with E-state index in [2.05, 4.69) is 93.4 Å². The van der Waals surface area contributed by atoms with Crippen LogP contribution < -0.4 is 10.7 Å². The van der Waals surface area contributed by atoms with Gasteiger partial charge in [-0.3, -0.25) is 43.8 Å². The molecule has 2 fully saturated rings. The number of nitrogens with one attached hydrogen (secondary N) is 2. The Hall–Kier alpha value is -5.45. The van der Waals surface area contributed by atoms with Crippen LogP contribution in [0.2, 0.25) is 0 Å². The third-order valence-corrected chi connectivity index (χ3v) is 16.1. The van der Waals surface area contributed by atoms with E-state index in [9.17, 15) is 24.0 Å². The number of hydrogen-bond donors (Lipinski definition) is 2. The smallest absolute Gasteiger partial charge is 0.323 e. The molecule has 5 atom stereocenters. The number of amides is 4. The van der Waals surface area contributed by atoms with Gasteiger partial charge in [-0.25, -0.2) is 9.82 Å². The monoisotopic (exact) mass is 1030 g/mol. The molecular weight excluding hydrogens is 958 g/mol. The summed E-state index contributed by atoms with van der Waals surface area (Å²) < 4.78 is 31.2. The molecular formula is C56H77FN9O7Si. The summed E-state index contributed by atoms with van der Waals surface area (Å²) >= 11 is 0. The summed E-state index contributed by atoms with van der Waals surface area (Å²) in [5.74, 6) is 2.21. The molecule has 1 unspecified atom stereocenters. The number of methoxy groups -OCH3 is 1. The SMILES string of the molecule is CCn1c(-c2cccnc2[C@H](C)OC)c2c3cc(ccc31)C1=CCCN(C1)C[C@H](NC(=O)[C@H](C(C)C)N(C)C(=O)C1(F)CCN(C(=O)C#CC(C)(C)N(C)C)CC1)C(=O)N1CCC[C@@]([Si])(N1)C(=O)OCC(C)(C)C2. The highest BCUT2D eigenvalue weighted by Crippen LogP contribution is 2.42. The van der Waals surface area contributed by atoms with Crippen LogP contribution in [0.4, 0.5) is 4.39 Å². The third kappa shape index (κ3) is 11.8. The minimum absolute atomic E-state index is 0.0154. The normalized spacial score (nSPS) is 23.3. The molecule has 4 amide bonds. The molecule has 3 aromatic rings. The van der Waals surface area contributed by atoms with Gasteiger partial charge in [0.15, 0.2) is 5.67 Å². The minimum atomic E-state index is -2.34. The van der Waals surface area contributed by atoms with E-state index < -0.39 is 69.4 Å². The van der Waals surface area contributed by atoms with Crippen LogP contribution in [0.3, 0.4) is 0 Å². The van der Waals surface area contributed by atoms with Crippen molar-refractivity contribution in [2.24, 2.45) is 11.3 Å². The predicted molar refractivity (Wildman–Crippen MR) is 285 cm³/mol. The Morgan fingerprint density at radius 3 is 2.45 bits per heavy atom. The molecule has 1 aromatic carbocycles. The molecule has 4 aliphatic heterocycles. The van der Waals surface area contributed by atoms with Gasteiger partial charge >= 0.3 is 5.97 Å². The highest BCUT2D eigenvalue weighted by atomic mass is 28.1. The van der Waals surface area contributed by atoms with Gasteiger partial charge in [-0.2, -0.15) is 0 Å². The number of pyridine rings is 1. The number of esters is 1. The zero-order valence-corrected chi connectivity index (χ0v) is 46.6. The molecule has 74 heavy (non-hydrogen) atoms. The molecule has 18 heteroatoms. The molecule has 4 aliphatic rings. The summed E-state index contributed by atoms with van der Waals surface area (Å²) in [5, 5.41) is 4.01. The highest BCUT2D eigenvalue weighted by Gasteiger charge is 2.48. The number of ether oxygens (including phenoxy) is 2. The van der Waals surface area contributed by atoms with E-state index in [0.29, 0.717) is 45.3 Å². The number of carbonyl (C=O) groups is 5. The summed E-state index contributed by atoms with van der Waals surface area (Å²) in [6.45, 7) is 17.8. The number of hydrogen-bond acceptors (Lipinski definition) is 11. The number of rotatable bonds is 10. The van der Waals surface area contributed by atoms with Crippen molar-refractivity contribution in [3.05, 3.63) is 59.4 Å². The Kier molecular flexibility index (Phi) is 17.0. The van der Waals surface area contributed by atoms with Crippen LogP contribution in [0, 0.1) is 23.2 Å². The first kappa shape index (κ1) is 56.3. The summed E-state index contributed by atoms with van der Waals surface area (Å²) in [4.78, 5) is 82.7. The number of fused-ring (bicyclic) bond motifs is 6. The molecule has 6 bridgehead atoms. The maximum Gasteiger partial charge on any atom is 0.323 e. The quantitative estimate of drug-likeness (QED) is 0.155. The second-order valence-corrected chi connectivity index (χ2v) is 23.4. The Morgan fingerprint density at radius 2 is 1.78 bits per heavy atom. The van der Waals surface area contributed by atoms with Gasteiger partial charge < -0.3 is 29.2 Å². The van der Waals surface area contributed by atoms with Crippen molar-refractivity contribution in [2.75, 3.05) is 74.1 Å². The van der Waals surface area contributed by atoms with Crippen molar-refractivity contribution >= 4 is 56.3 Å². The van der Waals surface area contributed by atoms with Crippen molar-refractivity contribution in [1.29, 1.82) is 0 Å². The van der Waals surface area contributed by atoms with Crippen LogP contribution >= 0.6 is 0 Å². The molecule has 2 saturated heterocycles. The third-order valence-electron chi connectivity index (χ3n) is 15.6. The molecule has 2 aromatic heterocycles. The van der Waals surface area contributed by atoms with Crippen molar-refractivity contribution in [2.45, 2.75) is 135 Å². The lowest BCUT2D eigenvalue weighted by Gasteiger charge is -2.42. The van der Waals surface area contributed by atoms with E-state index in [-0.39, 0.29) is 51.7 Å². The van der Waals surface area contributed by atoms with E-state index in [1.165, 1.54) is 17.0 Å². The van der Waals surface area contributed by atoms with Crippen molar-refractivity contribution < 1.29 is 37.8 Å². The summed E-state index contributed by atoms with van der Waals surface area (Å²) in [7, 11) is 10.6. The van der Waals surface area contributed by atoms with Gasteiger partial charge in [-0.15, -0.1) is 0 Å². The van der Waals surface area contributed by atoms with E-state index >= 15 is 4.39 Å². The first-order valence-corrected chi connectivity index (χ1v) is 26.7. The van der Waals surface area contributed by atoms with Crippen molar-refractivity contribution in [1.82, 2.24) is 44.9 Å². The zero-order chi connectivity index (χ0) is 54.1. The fraction of sp³-hybridized carbons (Fsp3) is 0.607. The minimum Gasteiger partial charge on any atom is -0.464 e. The number of piperidine rings is 1. The Balaban J connectivity index is 1.20. The Morgan fingerprint density at radius 1 is 1.07 bits per heavy atom. The number of cyclic esters (lactones) is 1. The van der Waals surface area contributed by atoms with Gasteiger partial charge in [0.25, 0.3) is 17.7 Å². The number of nitrogens with zero attached hydrogens (tertiary/aromatic N) is 7. The largest absolute Gasteiger partial charge is 0.464 e. The van der Waals surface area contributed by atoms with Gasteiger partial charge in [0.1, 0.15) is 17.2 Å². The molecule has 399 valence electrons. The lowest BCUT2D eigenvalue weighted by Crippen LogP contribution is -2.68. The van der Waals surface area contributed by atoms with E-state index in [1.54, 1.807) is 27.2 Å². The molecule has 6 heterocycles. The van der Waals surface area contributed by atoms with E-state index in [4.69, 9.17) is 14.5 Å². The number of likely N-dealkylation sites (N-methyl/N-ethyl adjacent to an activating group) is 1. The Labute approximate surface area is 440 Å². The molecule has 0 aliphatic carbocycles. The van der Waals surface area contributed by atoms with Crippen LogP contribution in [0.15, 0.2) is 42.6 Å². The van der Waals surface area contributed by atoms with Crippen LogP contribution in [-0.4, -0.2) is 177 Å². The number of likely N-dealkylation sites (tertiary alicyclic amines) is 1. The fourth-order valence-electron chi connectivity index (χ4n) is 10.7. The number of alkyl halides is 1. The first-order valence-electron chi connectivity index (χ1n) is 26.2. The van der Waals surface area contributed by atoms with Crippen molar-refractivity contribution in [3.8, 4) is 23.1 Å². The average molecular weight is 1040 g/mol. The fourth-order valence-corrected chi connectivity index (χ4v) is 11.1. The van der Waals surface area contributed by atoms with Gasteiger partial charge in [0.05, 0.1) is 39.9 Å². The molecule has 3 radical (unpaired) electrons. The summed E-state index contributed by atoms with van der Waals surface area (Å²) in [6.07, 6.45) is 5.25. The molecule has 7 rings (SSSR count). The molecule has 0 saturated carbocycles. The molecule has 16 nitrogen and oxygen atoms in total. The van der Waals surface area contributed by atoms with Crippen LogP contribution in [-0.2, 0) is 46.4 Å². The first-order chi connectivity index (χ1) is 34.8. The lowest BCUT2D eigenvalue weighted by molar-refractivity contribution is -0.158. The number of aromatic nitrogens is 2. The van der Waals surface area contributed by atoms with Gasteiger partial charge in [0.2, 0.25) is 5.91 Å².